The maximum absolute atomic E-state index is 14.9. The molecule has 14 amide bonds. The number of aliphatic imine (C=N–C) groups is 3. The predicted molar refractivity (Wildman–Crippen MR) is 421 cm³/mol. The van der Waals surface area contributed by atoms with Crippen molar-refractivity contribution < 1.29 is 82.1 Å². The van der Waals surface area contributed by atoms with Crippen LogP contribution in [0.3, 0.4) is 0 Å². The molecule has 2 aromatic rings. The number of imidazole rings is 1. The zero-order valence-corrected chi connectivity index (χ0v) is 66.7. The molecule has 0 unspecified atom stereocenters. The SMILES string of the molecule is CC(=O)N[C@@H](CO)C(=O)N[C@H](C(=O)N[C@@H](CCCN=C(N)N)C(=O)N[C@@H](CCCN=C(N)N)C(=O)N[C@@H](Cc1ccccc1)C(=O)N[C@@H](CC(C)C)C(=O)N[C@@H](CCC(=O)O)C(=O)N[C@@H](C)C(=O)N[C@@H](Cc1cnc[nH]1)C(=O)N[C@@H](CC(C)C)C(=O)N[C@@H](CCCN=C(N)N)C(=O)N[C@@H](CC(C)C)C(=O)N[C@@H](C)C(N)=O)C(C)C. The van der Waals surface area contributed by atoms with Crippen LogP contribution in [0.2, 0.25) is 0 Å². The number of carboxylic acid groups (broad SMARTS) is 1. The zero-order chi connectivity index (χ0) is 86.1. The lowest BCUT2D eigenvalue weighted by Gasteiger charge is -2.29. The quantitative estimate of drug-likeness (QED) is 0.0166. The molecule has 636 valence electrons. The molecule has 0 aliphatic rings. The molecule has 0 saturated heterocycles. The molecule has 0 bridgehead atoms. The van der Waals surface area contributed by atoms with Crippen molar-refractivity contribution in [3.05, 3.63) is 54.1 Å². The van der Waals surface area contributed by atoms with Gasteiger partial charge in [0.1, 0.15) is 78.5 Å². The van der Waals surface area contributed by atoms with Crippen LogP contribution in [0.15, 0.2) is 57.8 Å². The largest absolute Gasteiger partial charge is 0.481 e. The number of nitrogens with zero attached hydrogens (tertiary/aromatic N) is 4. The van der Waals surface area contributed by atoms with E-state index in [1.54, 1.807) is 85.7 Å². The molecule has 1 aromatic heterocycles. The lowest BCUT2D eigenvalue weighted by Crippen LogP contribution is -2.61. The summed E-state index contributed by atoms with van der Waals surface area (Å²) in [6.07, 6.45) is 0.683. The van der Waals surface area contributed by atoms with Gasteiger partial charge < -0.3 is 124 Å². The first-order valence-corrected chi connectivity index (χ1v) is 37.7. The van der Waals surface area contributed by atoms with Crippen molar-refractivity contribution in [3.8, 4) is 0 Å². The number of nitrogens with two attached hydrogens (primary N) is 7. The van der Waals surface area contributed by atoms with Gasteiger partial charge in [-0.2, -0.15) is 0 Å². The van der Waals surface area contributed by atoms with E-state index in [1.807, 2.05) is 0 Å². The van der Waals surface area contributed by atoms with Gasteiger partial charge in [-0.05, 0) is 107 Å². The third kappa shape index (κ3) is 38.9. The second-order valence-electron chi connectivity index (χ2n) is 29.2. The van der Waals surface area contributed by atoms with Crippen molar-refractivity contribution in [3.63, 3.8) is 0 Å². The first-order chi connectivity index (χ1) is 53.5. The van der Waals surface area contributed by atoms with E-state index >= 15 is 0 Å². The third-order valence-electron chi connectivity index (χ3n) is 17.2. The number of aromatic amines is 1. The highest BCUT2D eigenvalue weighted by Gasteiger charge is 2.38. The number of nitrogens with one attached hydrogen (secondary N) is 14. The molecule has 0 aliphatic carbocycles. The van der Waals surface area contributed by atoms with E-state index in [2.05, 4.69) is 94.1 Å². The maximum atomic E-state index is 14.9. The van der Waals surface area contributed by atoms with Crippen LogP contribution in [-0.2, 0) is 84.8 Å². The summed E-state index contributed by atoms with van der Waals surface area (Å²) in [6.45, 7) is 16.5. The van der Waals surface area contributed by atoms with Gasteiger partial charge in [-0.15, -0.1) is 0 Å². The lowest BCUT2D eigenvalue weighted by molar-refractivity contribution is -0.139. The fourth-order valence-electron chi connectivity index (χ4n) is 11.3. The minimum atomic E-state index is -1.72. The van der Waals surface area contributed by atoms with Crippen molar-refractivity contribution >= 4 is 107 Å². The third-order valence-corrected chi connectivity index (χ3v) is 17.2. The molecule has 42 nitrogen and oxygen atoms in total. The summed E-state index contributed by atoms with van der Waals surface area (Å²) in [7, 11) is 0. The number of amides is 14. The molecular weight excluding hydrogens is 1490 g/mol. The van der Waals surface area contributed by atoms with Gasteiger partial charge in [0.2, 0.25) is 82.7 Å². The van der Waals surface area contributed by atoms with Crippen LogP contribution in [0.1, 0.15) is 158 Å². The van der Waals surface area contributed by atoms with Gasteiger partial charge in [0.15, 0.2) is 17.9 Å². The van der Waals surface area contributed by atoms with Gasteiger partial charge in [0, 0.05) is 57.7 Å². The Morgan fingerprint density at radius 1 is 0.404 bits per heavy atom. The van der Waals surface area contributed by atoms with Crippen LogP contribution < -0.4 is 109 Å². The van der Waals surface area contributed by atoms with Gasteiger partial charge >= 0.3 is 5.97 Å². The van der Waals surface area contributed by atoms with Gasteiger partial charge in [0.05, 0.1) is 12.9 Å². The summed E-state index contributed by atoms with van der Waals surface area (Å²) in [4.78, 5) is 226. The van der Waals surface area contributed by atoms with E-state index in [9.17, 15) is 82.1 Å². The van der Waals surface area contributed by atoms with Crippen LogP contribution in [-0.4, -0.2) is 232 Å². The number of carbonyl (C=O) groups is 15. The van der Waals surface area contributed by atoms with Crippen molar-refractivity contribution in [1.82, 2.24) is 79.1 Å². The topological polar surface area (TPSA) is 701 Å². The molecule has 114 heavy (non-hydrogen) atoms. The fraction of sp³-hybridized carbons (Fsp3) is 0.625. The van der Waals surface area contributed by atoms with E-state index in [0.29, 0.717) is 11.3 Å². The Morgan fingerprint density at radius 3 is 1.11 bits per heavy atom. The Labute approximate surface area is 662 Å². The molecule has 0 spiro atoms. The van der Waals surface area contributed by atoms with E-state index in [-0.39, 0.29) is 126 Å². The van der Waals surface area contributed by atoms with Gasteiger partial charge in [-0.25, -0.2) is 4.98 Å². The summed E-state index contributed by atoms with van der Waals surface area (Å²) >= 11 is 0. The van der Waals surface area contributed by atoms with E-state index in [1.165, 1.54) is 26.4 Å². The normalized spacial score (nSPS) is 14.5. The molecule has 30 N–H and O–H groups in total. The number of carboxylic acids is 1. The van der Waals surface area contributed by atoms with Crippen LogP contribution in [0.5, 0.6) is 0 Å². The number of aliphatic hydroxyl groups excluding tert-OH is 1. The number of benzene rings is 1. The summed E-state index contributed by atoms with van der Waals surface area (Å²) in [5.41, 5.74) is 39.6. The fourth-order valence-corrected chi connectivity index (χ4v) is 11.3. The van der Waals surface area contributed by atoms with Crippen LogP contribution in [0.4, 0.5) is 0 Å². The number of carbonyl (C=O) groups excluding carboxylic acids is 14. The molecule has 1 heterocycles. The van der Waals surface area contributed by atoms with E-state index in [0.717, 1.165) is 6.92 Å². The summed E-state index contributed by atoms with van der Waals surface area (Å²) in [6, 6.07) is -10.4. The highest BCUT2D eigenvalue weighted by molar-refractivity contribution is 6.00. The van der Waals surface area contributed by atoms with Gasteiger partial charge in [-0.1, -0.05) is 85.7 Å². The van der Waals surface area contributed by atoms with Crippen molar-refractivity contribution in [1.29, 1.82) is 0 Å². The maximum Gasteiger partial charge on any atom is 0.303 e. The number of primary amides is 1. The molecule has 0 fully saturated rings. The number of aromatic nitrogens is 2. The number of aliphatic hydroxyl groups is 1. The minimum absolute atomic E-state index is 0.0216. The number of hydrogen-bond donors (Lipinski definition) is 23. The molecular formula is C72H121N25O17. The van der Waals surface area contributed by atoms with Gasteiger partial charge in [0.25, 0.3) is 0 Å². The lowest BCUT2D eigenvalue weighted by atomic mass is 9.99. The van der Waals surface area contributed by atoms with Crippen LogP contribution in [0, 0.1) is 23.7 Å². The Morgan fingerprint density at radius 2 is 0.746 bits per heavy atom. The van der Waals surface area contributed by atoms with Crippen LogP contribution >= 0.6 is 0 Å². The van der Waals surface area contributed by atoms with E-state index < -0.39 is 193 Å². The Kier molecular flexibility index (Phi) is 44.0. The summed E-state index contributed by atoms with van der Waals surface area (Å²) in [5.74, 6) is -16.1. The molecule has 0 saturated carbocycles. The summed E-state index contributed by atoms with van der Waals surface area (Å²) in [5, 5.41) is 53.2. The number of guanidine groups is 3. The first-order valence-electron chi connectivity index (χ1n) is 37.7. The number of hydrogen-bond acceptors (Lipinski definition) is 20. The summed E-state index contributed by atoms with van der Waals surface area (Å²) < 4.78 is 0. The van der Waals surface area contributed by atoms with Crippen molar-refractivity contribution in [2.24, 2.45) is 78.8 Å². The number of H-pyrrole nitrogens is 1. The molecule has 13 atom stereocenters. The second-order valence-corrected chi connectivity index (χ2v) is 29.2. The van der Waals surface area contributed by atoms with Gasteiger partial charge in [-0.3, -0.25) is 86.9 Å². The molecule has 42 heteroatoms. The zero-order valence-electron chi connectivity index (χ0n) is 66.7. The van der Waals surface area contributed by atoms with Crippen molar-refractivity contribution in [2.45, 2.75) is 238 Å². The molecule has 0 aliphatic heterocycles. The molecule has 1 aromatic carbocycles. The van der Waals surface area contributed by atoms with Crippen molar-refractivity contribution in [2.75, 3.05) is 26.2 Å². The predicted octanol–water partition coefficient (Wildman–Crippen LogP) is -6.15. The first kappa shape index (κ1) is 98.3. The minimum Gasteiger partial charge on any atom is -0.481 e. The highest BCUT2D eigenvalue weighted by atomic mass is 16.4. The second kappa shape index (κ2) is 51.0. The Bertz CT molecular complexity index is 3600. The Balaban J connectivity index is 2.61. The number of rotatable bonds is 53. The number of aliphatic carboxylic acids is 1. The highest BCUT2D eigenvalue weighted by Crippen LogP contribution is 2.16. The van der Waals surface area contributed by atoms with Crippen LogP contribution in [0.25, 0.3) is 0 Å². The average Bonchev–Trinajstić information content (AvgIpc) is 0.915. The Hall–Kier alpha value is -11.7. The standard InChI is InChI=1S/C72H121N25O17/c1-36(2)28-49(63(108)85-40(9)57(73)102)93-61(106)46(21-16-26-82-71(76)77)89-64(109)50(29-37(3)4)95-67(112)53(32-44-33-80-35-84-44)92-58(103)41(10)86-59(104)48(23-24-55(100)101)90-65(110)51(30-38(5)6)94-66(111)52(31-43-18-13-12-14-19-43)96-62(107)45(20-15-25-81-70(74)75)88-60(105)47(22-17-27-83-72(78)79)91-69(114)56(39(7)8)97-68(113)54(34-98)87-42(11)99/h12-14,18-19,33,35-41,45-54,56,98H,15-17,20-32,34H2,1-11H3,(H2,73,102)(H,80,84)(H,85,108)(H,86,104)(H,87,99)(H,88,105)(H,89,109)(H,90,110)(H,91,114)(H,92,103)(H,93,106)(H,94,111)(H,95,112)(H,96,107)(H,97,113)(H,100,101)(H4,74,75,81)(H4,76,77,82)(H4,78,79,83)/t40-,41-,45-,46-,47-,48-,49-,50-,51-,52-,53-,54-,56-/m0/s1. The molecule has 0 radical (unpaired) electrons. The smallest absolute Gasteiger partial charge is 0.303 e. The molecule has 2 rings (SSSR count). The average molecular weight is 1610 g/mol. The van der Waals surface area contributed by atoms with E-state index in [4.69, 9.17) is 40.1 Å². The monoisotopic (exact) mass is 1610 g/mol.